The van der Waals surface area contributed by atoms with Crippen LogP contribution in [0.4, 0.5) is 5.69 Å². The zero-order valence-electron chi connectivity index (χ0n) is 14.9. The van der Waals surface area contributed by atoms with Gasteiger partial charge in [-0.05, 0) is 39.0 Å². The normalized spacial score (nSPS) is 26.7. The molecule has 6 nitrogen and oxygen atoms in total. The molecule has 1 aromatic rings. The first-order valence-electron chi connectivity index (χ1n) is 8.70. The maximum Gasteiger partial charge on any atom is 0.251 e. The molecular formula is C18H25N3O3S. The second-order valence-corrected chi connectivity index (χ2v) is 8.12. The van der Waals surface area contributed by atoms with Gasteiger partial charge in [0.05, 0.1) is 23.1 Å². The van der Waals surface area contributed by atoms with E-state index in [-0.39, 0.29) is 29.3 Å². The summed E-state index contributed by atoms with van der Waals surface area (Å²) in [5.74, 6) is -0.138. The number of anilines is 1. The fraction of sp³-hybridized carbons (Fsp3) is 0.556. The van der Waals surface area contributed by atoms with Gasteiger partial charge in [-0.15, -0.1) is 11.8 Å². The van der Waals surface area contributed by atoms with Crippen LogP contribution in [0.1, 0.15) is 31.1 Å². The summed E-state index contributed by atoms with van der Waals surface area (Å²) in [7, 11) is 0. The van der Waals surface area contributed by atoms with Crippen LogP contribution in [0.2, 0.25) is 0 Å². The van der Waals surface area contributed by atoms with Crippen LogP contribution in [0.25, 0.3) is 0 Å². The summed E-state index contributed by atoms with van der Waals surface area (Å²) in [5.41, 5.74) is 1.29. The molecule has 0 radical (unpaired) electrons. The number of ether oxygens (including phenoxy) is 1. The molecule has 1 aromatic carbocycles. The Kier molecular flexibility index (Phi) is 5.66. The molecule has 0 aromatic heterocycles. The van der Waals surface area contributed by atoms with Gasteiger partial charge in [0, 0.05) is 36.6 Å². The first-order chi connectivity index (χ1) is 11.9. The zero-order valence-corrected chi connectivity index (χ0v) is 15.7. The average molecular weight is 363 g/mol. The molecule has 3 rings (SSSR count). The molecule has 0 aliphatic carbocycles. The van der Waals surface area contributed by atoms with Crippen molar-refractivity contribution in [1.82, 2.24) is 10.2 Å². The Balaban J connectivity index is 1.53. The van der Waals surface area contributed by atoms with Crippen LogP contribution in [0.5, 0.6) is 0 Å². The van der Waals surface area contributed by atoms with Gasteiger partial charge in [-0.25, -0.2) is 0 Å². The van der Waals surface area contributed by atoms with Gasteiger partial charge >= 0.3 is 0 Å². The van der Waals surface area contributed by atoms with Gasteiger partial charge < -0.3 is 15.4 Å². The molecule has 0 saturated carbocycles. The number of hydrogen-bond acceptors (Lipinski definition) is 5. The monoisotopic (exact) mass is 363 g/mol. The highest BCUT2D eigenvalue weighted by Crippen LogP contribution is 2.35. The highest BCUT2D eigenvalue weighted by molar-refractivity contribution is 8.00. The zero-order chi connectivity index (χ0) is 18.0. The minimum absolute atomic E-state index is 0.0226. The minimum Gasteiger partial charge on any atom is -0.373 e. The molecule has 1 saturated heterocycles. The Labute approximate surface area is 152 Å². The number of benzene rings is 1. The Morgan fingerprint density at radius 2 is 2.04 bits per heavy atom. The number of carbonyl (C=O) groups is 2. The Morgan fingerprint density at radius 3 is 2.76 bits per heavy atom. The molecule has 0 spiro atoms. The molecule has 0 unspecified atom stereocenters. The number of nitrogens with zero attached hydrogens (tertiary/aromatic N) is 1. The quantitative estimate of drug-likeness (QED) is 0.856. The molecule has 25 heavy (non-hydrogen) atoms. The molecule has 1 fully saturated rings. The van der Waals surface area contributed by atoms with Gasteiger partial charge in [-0.2, -0.15) is 0 Å². The van der Waals surface area contributed by atoms with E-state index in [1.807, 2.05) is 19.1 Å². The maximum atomic E-state index is 12.4. The smallest absolute Gasteiger partial charge is 0.251 e. The van der Waals surface area contributed by atoms with Gasteiger partial charge in [-0.1, -0.05) is 0 Å². The number of rotatable bonds is 4. The molecule has 2 heterocycles. The Morgan fingerprint density at radius 1 is 1.32 bits per heavy atom. The largest absolute Gasteiger partial charge is 0.373 e. The summed E-state index contributed by atoms with van der Waals surface area (Å²) in [5, 5.41) is 5.72. The summed E-state index contributed by atoms with van der Waals surface area (Å²) in [6.45, 7) is 9.19. The molecule has 7 heteroatoms. The molecule has 2 amide bonds. The van der Waals surface area contributed by atoms with E-state index in [4.69, 9.17) is 4.74 Å². The first-order valence-corrected chi connectivity index (χ1v) is 9.58. The van der Waals surface area contributed by atoms with E-state index in [0.29, 0.717) is 12.1 Å². The molecular weight excluding hydrogens is 338 g/mol. The van der Waals surface area contributed by atoms with Gasteiger partial charge in [0.15, 0.2) is 0 Å². The third-order valence-corrected chi connectivity index (χ3v) is 5.56. The summed E-state index contributed by atoms with van der Waals surface area (Å²) in [4.78, 5) is 27.5. The van der Waals surface area contributed by atoms with Crippen molar-refractivity contribution in [2.24, 2.45) is 0 Å². The number of thioether (sulfide) groups is 1. The molecule has 2 aliphatic heterocycles. The number of fused-ring (bicyclic) bond motifs is 1. The van der Waals surface area contributed by atoms with E-state index in [9.17, 15) is 9.59 Å². The number of hydrogen-bond donors (Lipinski definition) is 2. The topological polar surface area (TPSA) is 70.7 Å². The number of amides is 2. The lowest BCUT2D eigenvalue weighted by Crippen LogP contribution is -2.47. The lowest BCUT2D eigenvalue weighted by Gasteiger charge is -2.35. The Hall–Kier alpha value is -1.57. The van der Waals surface area contributed by atoms with Crippen molar-refractivity contribution in [3.05, 3.63) is 23.8 Å². The SMILES string of the molecule is C[C@@H]1CN(CCNC(=O)c2ccc3c(c2)NC(=O)[C@@H](C)S3)C[C@@H](C)O1. The first kappa shape index (κ1) is 18.2. The summed E-state index contributed by atoms with van der Waals surface area (Å²) in [6.07, 6.45) is 0.451. The lowest BCUT2D eigenvalue weighted by molar-refractivity contribution is -0.115. The van der Waals surface area contributed by atoms with Crippen molar-refractivity contribution in [3.63, 3.8) is 0 Å². The molecule has 3 atom stereocenters. The number of carbonyl (C=O) groups excluding carboxylic acids is 2. The van der Waals surface area contributed by atoms with Crippen molar-refractivity contribution in [2.75, 3.05) is 31.5 Å². The molecule has 0 bridgehead atoms. The van der Waals surface area contributed by atoms with E-state index in [1.165, 1.54) is 11.8 Å². The van der Waals surface area contributed by atoms with E-state index in [2.05, 4.69) is 29.4 Å². The highest BCUT2D eigenvalue weighted by Gasteiger charge is 2.24. The van der Waals surface area contributed by atoms with Crippen LogP contribution in [0, 0.1) is 0 Å². The van der Waals surface area contributed by atoms with E-state index >= 15 is 0 Å². The third kappa shape index (κ3) is 4.54. The van der Waals surface area contributed by atoms with Gasteiger partial charge in [-0.3, -0.25) is 14.5 Å². The molecule has 2 N–H and O–H groups in total. The van der Waals surface area contributed by atoms with Crippen LogP contribution in [0.15, 0.2) is 23.1 Å². The van der Waals surface area contributed by atoms with Gasteiger partial charge in [0.2, 0.25) is 5.91 Å². The van der Waals surface area contributed by atoms with Crippen molar-refractivity contribution < 1.29 is 14.3 Å². The number of morpholine rings is 1. The predicted octanol–water partition coefficient (Wildman–Crippen LogP) is 1.96. The third-order valence-electron chi connectivity index (χ3n) is 4.38. The van der Waals surface area contributed by atoms with Gasteiger partial charge in [0.1, 0.15) is 0 Å². The standard InChI is InChI=1S/C18H25N3O3S/c1-11-9-21(10-12(2)24-11)7-6-19-18(23)14-4-5-16-15(8-14)20-17(22)13(3)25-16/h4-5,8,11-13H,6-7,9-10H2,1-3H3,(H,19,23)(H,20,22)/t11-,12-,13-/m1/s1. The fourth-order valence-electron chi connectivity index (χ4n) is 3.25. The summed E-state index contributed by atoms with van der Waals surface area (Å²) in [6, 6.07) is 5.46. The van der Waals surface area contributed by atoms with E-state index in [1.54, 1.807) is 6.07 Å². The maximum absolute atomic E-state index is 12.4. The van der Waals surface area contributed by atoms with E-state index in [0.717, 1.165) is 30.2 Å². The van der Waals surface area contributed by atoms with Crippen LogP contribution < -0.4 is 10.6 Å². The lowest BCUT2D eigenvalue weighted by atomic mass is 10.1. The van der Waals surface area contributed by atoms with Crippen LogP contribution >= 0.6 is 11.8 Å². The molecule has 136 valence electrons. The van der Waals surface area contributed by atoms with Crippen molar-refractivity contribution in [1.29, 1.82) is 0 Å². The highest BCUT2D eigenvalue weighted by atomic mass is 32.2. The van der Waals surface area contributed by atoms with Crippen LogP contribution in [-0.4, -0.2) is 60.4 Å². The average Bonchev–Trinajstić information content (AvgIpc) is 2.54. The van der Waals surface area contributed by atoms with E-state index < -0.39 is 0 Å². The summed E-state index contributed by atoms with van der Waals surface area (Å²) < 4.78 is 5.72. The van der Waals surface area contributed by atoms with Crippen molar-refractivity contribution in [3.8, 4) is 0 Å². The van der Waals surface area contributed by atoms with Gasteiger partial charge in [0.25, 0.3) is 5.91 Å². The molecule has 2 aliphatic rings. The second-order valence-electron chi connectivity index (χ2n) is 6.73. The van der Waals surface area contributed by atoms with Crippen LogP contribution in [0.3, 0.4) is 0 Å². The number of nitrogens with one attached hydrogen (secondary N) is 2. The fourth-order valence-corrected chi connectivity index (χ4v) is 4.18. The Bertz CT molecular complexity index is 657. The second kappa shape index (κ2) is 7.76. The minimum atomic E-state index is -0.116. The summed E-state index contributed by atoms with van der Waals surface area (Å²) >= 11 is 1.52. The van der Waals surface area contributed by atoms with Crippen LogP contribution in [-0.2, 0) is 9.53 Å². The van der Waals surface area contributed by atoms with Crippen molar-refractivity contribution >= 4 is 29.3 Å². The predicted molar refractivity (Wildman–Crippen MR) is 99.2 cm³/mol. The van der Waals surface area contributed by atoms with Crippen molar-refractivity contribution in [2.45, 2.75) is 43.1 Å².